The minimum atomic E-state index is -1.22. The number of rotatable bonds is 9. The predicted octanol–water partition coefficient (Wildman–Crippen LogP) is 5.99. The van der Waals surface area contributed by atoms with E-state index in [0.29, 0.717) is 54.0 Å². The van der Waals surface area contributed by atoms with Crippen molar-refractivity contribution in [2.45, 2.75) is 52.5 Å². The minimum Gasteiger partial charge on any atom is -0.463 e. The molecule has 4 heterocycles. The zero-order chi connectivity index (χ0) is 32.2. The van der Waals surface area contributed by atoms with Crippen LogP contribution in [0.15, 0.2) is 46.2 Å². The number of carbonyl (C=O) groups is 2. The van der Waals surface area contributed by atoms with E-state index in [2.05, 4.69) is 20.3 Å². The molecule has 14 heteroatoms. The summed E-state index contributed by atoms with van der Waals surface area (Å²) in [6, 6.07) is 1.23. The molecule has 45 heavy (non-hydrogen) atoms. The van der Waals surface area contributed by atoms with Crippen LogP contribution in [0.4, 0.5) is 14.7 Å². The normalized spacial score (nSPS) is 17.3. The molecule has 2 aliphatic heterocycles. The van der Waals surface area contributed by atoms with Gasteiger partial charge >= 0.3 is 11.9 Å². The van der Waals surface area contributed by atoms with Gasteiger partial charge in [-0.05, 0) is 38.7 Å². The Morgan fingerprint density at radius 1 is 1.11 bits per heavy atom. The van der Waals surface area contributed by atoms with E-state index in [9.17, 15) is 18.4 Å². The van der Waals surface area contributed by atoms with Gasteiger partial charge in [0.2, 0.25) is 5.95 Å². The first-order chi connectivity index (χ1) is 21.6. The number of ether oxygens (including phenoxy) is 2. The Labute approximate surface area is 268 Å². The summed E-state index contributed by atoms with van der Waals surface area (Å²) in [5.41, 5.74) is 1.82. The zero-order valence-electron chi connectivity index (χ0n) is 25.3. The van der Waals surface area contributed by atoms with Gasteiger partial charge in [0, 0.05) is 53.6 Å². The lowest BCUT2D eigenvalue weighted by Gasteiger charge is -2.36. The van der Waals surface area contributed by atoms with Crippen LogP contribution in [0.25, 0.3) is 0 Å². The van der Waals surface area contributed by atoms with E-state index in [1.165, 1.54) is 17.4 Å². The number of esters is 2. The van der Waals surface area contributed by atoms with Crippen LogP contribution < -0.4 is 10.2 Å². The van der Waals surface area contributed by atoms with Gasteiger partial charge in [-0.3, -0.25) is 4.99 Å². The number of allylic oxidation sites excluding steroid dienone is 1. The molecule has 1 aromatic carbocycles. The van der Waals surface area contributed by atoms with Gasteiger partial charge in [0.1, 0.15) is 6.04 Å². The number of halogens is 3. The van der Waals surface area contributed by atoms with Crippen molar-refractivity contribution in [1.29, 1.82) is 0 Å². The number of thiazole rings is 1. The van der Waals surface area contributed by atoms with Crippen LogP contribution in [-0.4, -0.2) is 59.0 Å². The van der Waals surface area contributed by atoms with Gasteiger partial charge in [0.15, 0.2) is 28.2 Å². The Balaban J connectivity index is 1.51. The molecule has 1 unspecified atom stereocenters. The summed E-state index contributed by atoms with van der Waals surface area (Å²) in [6.07, 6.45) is 4.43. The number of piperidine rings is 1. The average Bonchev–Trinajstić information content (AvgIpc) is 3.58. The second-order valence-electron chi connectivity index (χ2n) is 10.8. The van der Waals surface area contributed by atoms with Crippen molar-refractivity contribution in [1.82, 2.24) is 20.3 Å². The average molecular weight is 659 g/mol. The quantitative estimate of drug-likeness (QED) is 0.218. The summed E-state index contributed by atoms with van der Waals surface area (Å²) < 4.78 is 39.4. The molecule has 3 aromatic rings. The third kappa shape index (κ3) is 6.69. The van der Waals surface area contributed by atoms with Crippen molar-refractivity contribution in [2.24, 2.45) is 10.9 Å². The van der Waals surface area contributed by atoms with Crippen LogP contribution in [0.1, 0.15) is 79.1 Å². The number of aliphatic imine (C=N–C) groups is 1. The summed E-state index contributed by atoms with van der Waals surface area (Å²) in [4.78, 5) is 46.5. The number of amidine groups is 1. The molecule has 0 amide bonds. The van der Waals surface area contributed by atoms with Crippen molar-refractivity contribution in [3.05, 3.63) is 79.7 Å². The van der Waals surface area contributed by atoms with Crippen molar-refractivity contribution in [3.63, 3.8) is 0 Å². The Bertz CT molecular complexity index is 1640. The molecule has 1 atom stereocenters. The summed E-state index contributed by atoms with van der Waals surface area (Å²) in [5, 5.41) is 5.21. The van der Waals surface area contributed by atoms with Gasteiger partial charge in [-0.15, -0.1) is 11.3 Å². The molecule has 2 aromatic heterocycles. The molecule has 0 aliphatic carbocycles. The number of hydrogen-bond acceptors (Lipinski definition) is 11. The molecule has 1 fully saturated rings. The Hall–Kier alpha value is -3.97. The molecule has 0 radical (unpaired) electrons. The minimum absolute atomic E-state index is 0.0273. The van der Waals surface area contributed by atoms with Crippen LogP contribution in [0.3, 0.4) is 0 Å². The van der Waals surface area contributed by atoms with E-state index in [1.54, 1.807) is 31.6 Å². The van der Waals surface area contributed by atoms with Gasteiger partial charge in [-0.1, -0.05) is 31.5 Å². The second-order valence-corrected chi connectivity index (χ2v) is 12.0. The van der Waals surface area contributed by atoms with Crippen molar-refractivity contribution in [3.8, 4) is 0 Å². The third-order valence-electron chi connectivity index (χ3n) is 7.65. The van der Waals surface area contributed by atoms with E-state index < -0.39 is 34.6 Å². The van der Waals surface area contributed by atoms with E-state index >= 15 is 0 Å². The van der Waals surface area contributed by atoms with Crippen molar-refractivity contribution in [2.75, 3.05) is 31.2 Å². The molecular weight excluding hydrogens is 626 g/mol. The fourth-order valence-corrected chi connectivity index (χ4v) is 6.28. The maximum Gasteiger partial charge on any atom is 0.357 e. The fourth-order valence-electron chi connectivity index (χ4n) is 5.43. The molecule has 5 rings (SSSR count). The predicted molar refractivity (Wildman–Crippen MR) is 167 cm³/mol. The van der Waals surface area contributed by atoms with Crippen molar-refractivity contribution >= 4 is 46.7 Å². The van der Waals surface area contributed by atoms with E-state index in [1.807, 2.05) is 18.7 Å². The molecule has 1 N–H and O–H groups in total. The number of nitrogens with zero attached hydrogens (tertiary/aromatic N) is 5. The van der Waals surface area contributed by atoms with Crippen molar-refractivity contribution < 1.29 is 27.8 Å². The number of benzene rings is 1. The van der Waals surface area contributed by atoms with Crippen LogP contribution in [-0.2, 0) is 14.3 Å². The number of aromatic nitrogens is 3. The lowest BCUT2D eigenvalue weighted by molar-refractivity contribution is -0.139. The topological polar surface area (TPSA) is 119 Å². The Kier molecular flexibility index (Phi) is 10.1. The number of hydrogen-bond donors (Lipinski definition) is 1. The van der Waals surface area contributed by atoms with Crippen LogP contribution >= 0.6 is 22.9 Å². The first-order valence-corrected chi connectivity index (χ1v) is 16.0. The highest BCUT2D eigenvalue weighted by molar-refractivity contribution is 7.11. The maximum atomic E-state index is 14.7. The van der Waals surface area contributed by atoms with Gasteiger partial charge in [0.05, 0.1) is 23.8 Å². The first kappa shape index (κ1) is 32.4. The molecule has 0 bridgehead atoms. The van der Waals surface area contributed by atoms with E-state index in [-0.39, 0.29) is 41.9 Å². The smallest absolute Gasteiger partial charge is 0.357 e. The lowest BCUT2D eigenvalue weighted by Crippen LogP contribution is -2.42. The molecule has 0 spiro atoms. The SMILES string of the molecule is CCOC(=O)C1=C(C2CCN(c3ncc(C(C)C)c(C(=O)OCC)n3)CC2)NC(c2nccs2)=NC1c1ccc(F)c(F)c1Cl. The number of anilines is 1. The van der Waals surface area contributed by atoms with Gasteiger partial charge < -0.3 is 19.7 Å². The standard InChI is InChI=1S/C31H33ClF2N6O4S/c1-5-43-29(41)21-24(37-27(28-35-11-14-45-28)38-25(21)18-7-8-20(33)23(34)22(18)32)17-9-12-40(13-10-17)31-36-15-19(16(3)4)26(39-31)30(42)44-6-2/h7-8,11,14-17,25H,5-6,9-10,12-13H2,1-4H3,(H,37,38). The van der Waals surface area contributed by atoms with Crippen LogP contribution in [0.2, 0.25) is 5.02 Å². The van der Waals surface area contributed by atoms with Crippen LogP contribution in [0.5, 0.6) is 0 Å². The van der Waals surface area contributed by atoms with E-state index in [4.69, 9.17) is 26.1 Å². The number of carbonyl (C=O) groups excluding carboxylic acids is 2. The summed E-state index contributed by atoms with van der Waals surface area (Å²) in [5.74, 6) is -2.82. The largest absolute Gasteiger partial charge is 0.463 e. The van der Waals surface area contributed by atoms with Gasteiger partial charge in [-0.25, -0.2) is 33.3 Å². The molecule has 2 aliphatic rings. The molecule has 0 saturated carbocycles. The van der Waals surface area contributed by atoms with Crippen LogP contribution in [0, 0.1) is 17.6 Å². The summed E-state index contributed by atoms with van der Waals surface area (Å²) in [7, 11) is 0. The fraction of sp³-hybridized carbons (Fsp3) is 0.419. The maximum absolute atomic E-state index is 14.7. The molecular formula is C31H33ClF2N6O4S. The zero-order valence-corrected chi connectivity index (χ0v) is 26.8. The third-order valence-corrected chi connectivity index (χ3v) is 8.81. The molecule has 1 saturated heterocycles. The first-order valence-electron chi connectivity index (χ1n) is 14.7. The summed E-state index contributed by atoms with van der Waals surface area (Å²) >= 11 is 7.65. The Morgan fingerprint density at radius 2 is 1.82 bits per heavy atom. The molecule has 238 valence electrons. The summed E-state index contributed by atoms with van der Waals surface area (Å²) in [6.45, 7) is 8.70. The van der Waals surface area contributed by atoms with Gasteiger partial charge in [0.25, 0.3) is 0 Å². The molecule has 10 nitrogen and oxygen atoms in total. The highest BCUT2D eigenvalue weighted by atomic mass is 35.5. The monoisotopic (exact) mass is 658 g/mol. The Morgan fingerprint density at radius 3 is 2.47 bits per heavy atom. The highest BCUT2D eigenvalue weighted by Crippen LogP contribution is 2.41. The highest BCUT2D eigenvalue weighted by Gasteiger charge is 2.38. The van der Waals surface area contributed by atoms with Gasteiger partial charge in [-0.2, -0.15) is 0 Å². The number of nitrogens with one attached hydrogen (secondary N) is 1. The lowest BCUT2D eigenvalue weighted by atomic mass is 9.85. The second kappa shape index (κ2) is 14.0. The van der Waals surface area contributed by atoms with E-state index in [0.717, 1.165) is 6.07 Å².